The molecule has 0 unspecified atom stereocenters. The molecular formula is C14H15Br2NO3. The van der Waals surface area contributed by atoms with Gasteiger partial charge < -0.3 is 19.2 Å². The van der Waals surface area contributed by atoms with Gasteiger partial charge in [0.05, 0.1) is 22.3 Å². The van der Waals surface area contributed by atoms with Crippen molar-refractivity contribution in [3.8, 4) is 11.5 Å². The van der Waals surface area contributed by atoms with E-state index in [-0.39, 0.29) is 0 Å². The van der Waals surface area contributed by atoms with Gasteiger partial charge in [0.2, 0.25) is 0 Å². The van der Waals surface area contributed by atoms with Crippen LogP contribution < -0.4 is 14.8 Å². The Morgan fingerprint density at radius 3 is 2.55 bits per heavy atom. The summed E-state index contributed by atoms with van der Waals surface area (Å²) in [5.74, 6) is 2.26. The molecular weight excluding hydrogens is 390 g/mol. The number of methoxy groups -OCH3 is 1. The fourth-order valence-corrected chi connectivity index (χ4v) is 2.65. The van der Waals surface area contributed by atoms with Gasteiger partial charge in [-0.05, 0) is 57.1 Å². The SMILES string of the molecule is CNCc1coc(COc2cc(Br)c(OC)cc2Br)c1. The Balaban J connectivity index is 2.04. The van der Waals surface area contributed by atoms with Crippen LogP contribution in [0.15, 0.2) is 37.8 Å². The molecule has 2 rings (SSSR count). The lowest BCUT2D eigenvalue weighted by molar-refractivity contribution is 0.268. The Labute approximate surface area is 134 Å². The van der Waals surface area contributed by atoms with Crippen molar-refractivity contribution in [2.45, 2.75) is 13.2 Å². The summed E-state index contributed by atoms with van der Waals surface area (Å²) in [5, 5.41) is 3.07. The summed E-state index contributed by atoms with van der Waals surface area (Å²) in [4.78, 5) is 0. The third-order valence-electron chi connectivity index (χ3n) is 2.67. The van der Waals surface area contributed by atoms with Crippen LogP contribution >= 0.6 is 31.9 Å². The van der Waals surface area contributed by atoms with Gasteiger partial charge in [0.25, 0.3) is 0 Å². The second kappa shape index (κ2) is 7.15. The minimum atomic E-state index is 0.376. The first kappa shape index (κ1) is 15.4. The quantitative estimate of drug-likeness (QED) is 0.786. The predicted octanol–water partition coefficient (Wildman–Crippen LogP) is 4.11. The first-order valence-electron chi connectivity index (χ1n) is 6.00. The number of benzene rings is 1. The Kier molecular flexibility index (Phi) is 5.51. The maximum absolute atomic E-state index is 5.75. The van der Waals surface area contributed by atoms with Crippen molar-refractivity contribution in [3.05, 3.63) is 44.7 Å². The van der Waals surface area contributed by atoms with E-state index in [0.717, 1.165) is 38.3 Å². The number of hydrogen-bond donors (Lipinski definition) is 1. The van der Waals surface area contributed by atoms with Gasteiger partial charge in [-0.15, -0.1) is 0 Å². The van der Waals surface area contributed by atoms with E-state index < -0.39 is 0 Å². The van der Waals surface area contributed by atoms with Gasteiger partial charge in [-0.25, -0.2) is 0 Å². The molecule has 0 bridgehead atoms. The van der Waals surface area contributed by atoms with Crippen LogP contribution in [-0.4, -0.2) is 14.2 Å². The van der Waals surface area contributed by atoms with Crippen LogP contribution in [0.5, 0.6) is 11.5 Å². The monoisotopic (exact) mass is 403 g/mol. The molecule has 0 saturated heterocycles. The van der Waals surface area contributed by atoms with Crippen molar-refractivity contribution in [1.82, 2.24) is 5.32 Å². The molecule has 0 atom stereocenters. The number of furan rings is 1. The van der Waals surface area contributed by atoms with Crippen LogP contribution in [0.2, 0.25) is 0 Å². The van der Waals surface area contributed by atoms with Crippen molar-refractivity contribution in [2.24, 2.45) is 0 Å². The van der Waals surface area contributed by atoms with Gasteiger partial charge in [0.1, 0.15) is 23.9 Å². The van der Waals surface area contributed by atoms with Crippen molar-refractivity contribution in [1.29, 1.82) is 0 Å². The van der Waals surface area contributed by atoms with Gasteiger partial charge in [0.15, 0.2) is 0 Å². The molecule has 0 aliphatic carbocycles. The van der Waals surface area contributed by atoms with Crippen LogP contribution in [-0.2, 0) is 13.2 Å². The van der Waals surface area contributed by atoms with Crippen LogP contribution in [0, 0.1) is 0 Å². The molecule has 0 aliphatic heterocycles. The molecule has 0 spiro atoms. The maximum atomic E-state index is 5.75. The van der Waals surface area contributed by atoms with E-state index in [1.165, 1.54) is 0 Å². The number of halogens is 2. The van der Waals surface area contributed by atoms with E-state index >= 15 is 0 Å². The number of nitrogens with one attached hydrogen (secondary N) is 1. The topological polar surface area (TPSA) is 43.6 Å². The second-order valence-electron chi connectivity index (χ2n) is 4.16. The fourth-order valence-electron chi connectivity index (χ4n) is 1.72. The molecule has 0 radical (unpaired) electrons. The van der Waals surface area contributed by atoms with Crippen LogP contribution in [0.4, 0.5) is 0 Å². The van der Waals surface area contributed by atoms with Gasteiger partial charge >= 0.3 is 0 Å². The zero-order chi connectivity index (χ0) is 14.5. The molecule has 2 aromatic rings. The largest absolute Gasteiger partial charge is 0.496 e. The summed E-state index contributed by atoms with van der Waals surface area (Å²) in [5.41, 5.74) is 1.10. The van der Waals surface area contributed by atoms with E-state index in [2.05, 4.69) is 37.2 Å². The van der Waals surface area contributed by atoms with Crippen LogP contribution in [0.1, 0.15) is 11.3 Å². The highest BCUT2D eigenvalue weighted by atomic mass is 79.9. The van der Waals surface area contributed by atoms with Gasteiger partial charge in [-0.3, -0.25) is 0 Å². The summed E-state index contributed by atoms with van der Waals surface area (Å²) in [6, 6.07) is 5.69. The predicted molar refractivity (Wildman–Crippen MR) is 84.2 cm³/mol. The van der Waals surface area contributed by atoms with Gasteiger partial charge in [-0.1, -0.05) is 0 Å². The lowest BCUT2D eigenvalue weighted by Crippen LogP contribution is -2.03. The first-order chi connectivity index (χ1) is 9.63. The summed E-state index contributed by atoms with van der Waals surface area (Å²) >= 11 is 6.89. The third-order valence-corrected chi connectivity index (χ3v) is 3.90. The molecule has 0 fully saturated rings. The number of hydrogen-bond acceptors (Lipinski definition) is 4. The minimum absolute atomic E-state index is 0.376. The van der Waals surface area contributed by atoms with Crippen molar-refractivity contribution in [2.75, 3.05) is 14.2 Å². The van der Waals surface area contributed by atoms with E-state index in [1.807, 2.05) is 25.2 Å². The van der Waals surface area contributed by atoms with E-state index in [0.29, 0.717) is 6.61 Å². The summed E-state index contributed by atoms with van der Waals surface area (Å²) in [6.45, 7) is 1.16. The molecule has 1 heterocycles. The molecule has 1 aromatic carbocycles. The smallest absolute Gasteiger partial charge is 0.146 e. The Morgan fingerprint density at radius 2 is 1.85 bits per heavy atom. The Bertz CT molecular complexity index is 584. The second-order valence-corrected chi connectivity index (χ2v) is 5.87. The third kappa shape index (κ3) is 3.77. The molecule has 0 saturated carbocycles. The summed E-state index contributed by atoms with van der Waals surface area (Å²) < 4.78 is 18.1. The first-order valence-corrected chi connectivity index (χ1v) is 7.59. The average molecular weight is 405 g/mol. The standard InChI is InChI=1S/C14H15Br2NO3/c1-17-6-9-3-10(19-7-9)8-20-14-5-11(15)13(18-2)4-12(14)16/h3-5,7,17H,6,8H2,1-2H3. The molecule has 20 heavy (non-hydrogen) atoms. The molecule has 1 N–H and O–H groups in total. The average Bonchev–Trinajstić information content (AvgIpc) is 2.87. The van der Waals surface area contributed by atoms with Crippen molar-refractivity contribution in [3.63, 3.8) is 0 Å². The van der Waals surface area contributed by atoms with Crippen molar-refractivity contribution >= 4 is 31.9 Å². The zero-order valence-electron chi connectivity index (χ0n) is 11.2. The van der Waals surface area contributed by atoms with E-state index in [1.54, 1.807) is 13.4 Å². The molecule has 0 amide bonds. The Hall–Kier alpha value is -0.980. The zero-order valence-corrected chi connectivity index (χ0v) is 14.4. The van der Waals surface area contributed by atoms with Gasteiger partial charge in [-0.2, -0.15) is 0 Å². The highest BCUT2D eigenvalue weighted by molar-refractivity contribution is 9.11. The van der Waals surface area contributed by atoms with E-state index in [9.17, 15) is 0 Å². The summed E-state index contributed by atoms with van der Waals surface area (Å²) in [6.07, 6.45) is 1.73. The molecule has 6 heteroatoms. The van der Waals surface area contributed by atoms with Crippen LogP contribution in [0.25, 0.3) is 0 Å². The summed E-state index contributed by atoms with van der Waals surface area (Å²) in [7, 11) is 3.52. The van der Waals surface area contributed by atoms with E-state index in [4.69, 9.17) is 13.9 Å². The number of rotatable bonds is 6. The minimum Gasteiger partial charge on any atom is -0.496 e. The molecule has 1 aromatic heterocycles. The number of ether oxygens (including phenoxy) is 2. The van der Waals surface area contributed by atoms with Gasteiger partial charge in [0, 0.05) is 12.1 Å². The lowest BCUT2D eigenvalue weighted by Gasteiger charge is -2.10. The normalized spacial score (nSPS) is 10.6. The fraction of sp³-hybridized carbons (Fsp3) is 0.286. The van der Waals surface area contributed by atoms with Crippen molar-refractivity contribution < 1.29 is 13.9 Å². The highest BCUT2D eigenvalue weighted by Gasteiger charge is 2.09. The molecule has 4 nitrogen and oxygen atoms in total. The lowest BCUT2D eigenvalue weighted by atomic mass is 10.3. The Morgan fingerprint density at radius 1 is 1.15 bits per heavy atom. The highest BCUT2D eigenvalue weighted by Crippen LogP contribution is 2.36. The van der Waals surface area contributed by atoms with Crippen LogP contribution in [0.3, 0.4) is 0 Å². The molecule has 108 valence electrons. The maximum Gasteiger partial charge on any atom is 0.146 e. The molecule has 0 aliphatic rings.